The highest BCUT2D eigenvalue weighted by molar-refractivity contribution is 7.89. The number of sulfonamides is 1. The summed E-state index contributed by atoms with van der Waals surface area (Å²) in [5, 5.41) is 0.678. The summed E-state index contributed by atoms with van der Waals surface area (Å²) in [6.07, 6.45) is 2.89. The van der Waals surface area contributed by atoms with Crippen molar-refractivity contribution in [2.24, 2.45) is 0 Å². The second-order valence-electron chi connectivity index (χ2n) is 7.22. The van der Waals surface area contributed by atoms with Crippen molar-refractivity contribution in [2.45, 2.75) is 18.0 Å². The first-order valence-electron chi connectivity index (χ1n) is 9.88. The standard InChI is InChI=1S/C24H21ClN4O2S/c25-21-12-10-20(11-13-21)19-8-6-18(7-9-19)16-29(17-22-3-1-5-24(26)28-22)32(30,31)23-4-2-14-27-15-23/h1-15H,16-17H2,(H2,26,28). The second-order valence-corrected chi connectivity index (χ2v) is 9.59. The molecule has 4 aromatic rings. The molecule has 0 atom stereocenters. The van der Waals surface area contributed by atoms with E-state index in [1.54, 1.807) is 24.3 Å². The number of nitrogens with two attached hydrogens (primary N) is 1. The Bertz CT molecular complexity index is 1300. The van der Waals surface area contributed by atoms with Crippen LogP contribution in [-0.4, -0.2) is 22.7 Å². The van der Waals surface area contributed by atoms with Crippen LogP contribution in [0.4, 0.5) is 5.82 Å². The predicted molar refractivity (Wildman–Crippen MR) is 126 cm³/mol. The molecule has 4 rings (SSSR count). The van der Waals surface area contributed by atoms with Gasteiger partial charge in [0, 0.05) is 24.0 Å². The van der Waals surface area contributed by atoms with Crippen LogP contribution in [0, 0.1) is 0 Å². The van der Waals surface area contributed by atoms with Crippen molar-refractivity contribution in [1.82, 2.24) is 14.3 Å². The molecule has 2 N–H and O–H groups in total. The van der Waals surface area contributed by atoms with Gasteiger partial charge in [-0.2, -0.15) is 4.31 Å². The summed E-state index contributed by atoms with van der Waals surface area (Å²) >= 11 is 5.97. The molecule has 0 unspecified atom stereocenters. The molecular weight excluding hydrogens is 444 g/mol. The van der Waals surface area contributed by atoms with Gasteiger partial charge in [-0.3, -0.25) is 4.98 Å². The van der Waals surface area contributed by atoms with E-state index in [1.807, 2.05) is 48.5 Å². The molecule has 0 fully saturated rings. The van der Waals surface area contributed by atoms with Crippen LogP contribution >= 0.6 is 11.6 Å². The Morgan fingerprint density at radius 1 is 0.844 bits per heavy atom. The number of nitrogen functional groups attached to an aromatic ring is 1. The molecule has 0 aliphatic heterocycles. The van der Waals surface area contributed by atoms with Crippen molar-refractivity contribution in [3.63, 3.8) is 0 Å². The second kappa shape index (κ2) is 9.48. The highest BCUT2D eigenvalue weighted by atomic mass is 35.5. The first kappa shape index (κ1) is 22.0. The van der Waals surface area contributed by atoms with Gasteiger partial charge in [0.15, 0.2) is 0 Å². The molecule has 2 aromatic carbocycles. The molecule has 0 saturated heterocycles. The number of halogens is 1. The van der Waals surface area contributed by atoms with Gasteiger partial charge in [-0.15, -0.1) is 0 Å². The van der Waals surface area contributed by atoms with Crippen molar-refractivity contribution in [1.29, 1.82) is 0 Å². The number of pyridine rings is 2. The normalized spacial score (nSPS) is 11.6. The SMILES string of the molecule is Nc1cccc(CN(Cc2ccc(-c3ccc(Cl)cc3)cc2)S(=O)(=O)c2cccnc2)n1. The Hall–Kier alpha value is -3.26. The van der Waals surface area contributed by atoms with Crippen LogP contribution in [0.25, 0.3) is 11.1 Å². The molecule has 32 heavy (non-hydrogen) atoms. The van der Waals surface area contributed by atoms with Crippen molar-refractivity contribution in [2.75, 3.05) is 5.73 Å². The first-order chi connectivity index (χ1) is 15.4. The molecule has 2 aromatic heterocycles. The largest absolute Gasteiger partial charge is 0.384 e. The van der Waals surface area contributed by atoms with Crippen LogP contribution in [0.5, 0.6) is 0 Å². The summed E-state index contributed by atoms with van der Waals surface area (Å²) in [5.41, 5.74) is 9.25. The molecule has 0 bridgehead atoms. The molecule has 0 spiro atoms. The average Bonchev–Trinajstić information content (AvgIpc) is 2.80. The fourth-order valence-corrected chi connectivity index (χ4v) is 4.78. The van der Waals surface area contributed by atoms with Crippen LogP contribution in [0.3, 0.4) is 0 Å². The lowest BCUT2D eigenvalue weighted by molar-refractivity contribution is 0.397. The van der Waals surface area contributed by atoms with Gasteiger partial charge in [0.2, 0.25) is 10.0 Å². The van der Waals surface area contributed by atoms with Gasteiger partial charge in [0.1, 0.15) is 10.7 Å². The Labute approximate surface area is 192 Å². The van der Waals surface area contributed by atoms with Gasteiger partial charge in [-0.25, -0.2) is 13.4 Å². The molecule has 0 saturated carbocycles. The zero-order valence-corrected chi connectivity index (χ0v) is 18.7. The van der Waals surface area contributed by atoms with Gasteiger partial charge in [-0.1, -0.05) is 54.1 Å². The smallest absolute Gasteiger partial charge is 0.245 e. The maximum atomic E-state index is 13.4. The van der Waals surface area contributed by atoms with Gasteiger partial charge in [0.25, 0.3) is 0 Å². The summed E-state index contributed by atoms with van der Waals surface area (Å²) in [6, 6.07) is 23.7. The number of aromatic nitrogens is 2. The van der Waals surface area contributed by atoms with E-state index in [2.05, 4.69) is 9.97 Å². The van der Waals surface area contributed by atoms with Crippen molar-refractivity contribution >= 4 is 27.4 Å². The summed E-state index contributed by atoms with van der Waals surface area (Å²) in [5.74, 6) is 0.341. The average molecular weight is 465 g/mol. The monoisotopic (exact) mass is 464 g/mol. The lowest BCUT2D eigenvalue weighted by Crippen LogP contribution is -2.30. The van der Waals surface area contributed by atoms with Gasteiger partial charge in [-0.05, 0) is 53.1 Å². The third-order valence-corrected chi connectivity index (χ3v) is 6.96. The highest BCUT2D eigenvalue weighted by Crippen LogP contribution is 2.24. The zero-order valence-electron chi connectivity index (χ0n) is 17.1. The lowest BCUT2D eigenvalue weighted by Gasteiger charge is -2.22. The van der Waals surface area contributed by atoms with Gasteiger partial charge < -0.3 is 5.73 Å². The Morgan fingerprint density at radius 3 is 2.16 bits per heavy atom. The summed E-state index contributed by atoms with van der Waals surface area (Å²) in [6.45, 7) is 0.260. The quantitative estimate of drug-likeness (QED) is 0.425. The lowest BCUT2D eigenvalue weighted by atomic mass is 10.0. The van der Waals surface area contributed by atoms with Crippen molar-refractivity contribution in [3.8, 4) is 11.1 Å². The van der Waals surface area contributed by atoms with E-state index in [4.69, 9.17) is 17.3 Å². The van der Waals surface area contributed by atoms with E-state index in [9.17, 15) is 8.42 Å². The molecule has 6 nitrogen and oxygen atoms in total. The molecule has 8 heteroatoms. The predicted octanol–water partition coefficient (Wildman–Crippen LogP) is 4.77. The van der Waals surface area contributed by atoms with Crippen LogP contribution in [0.2, 0.25) is 5.02 Å². The van der Waals surface area contributed by atoms with Crippen molar-refractivity contribution < 1.29 is 8.42 Å². The summed E-state index contributed by atoms with van der Waals surface area (Å²) < 4.78 is 28.1. The highest BCUT2D eigenvalue weighted by Gasteiger charge is 2.25. The number of hydrogen-bond donors (Lipinski definition) is 1. The zero-order chi connectivity index (χ0) is 22.6. The molecule has 0 aliphatic carbocycles. The van der Waals surface area contributed by atoms with Gasteiger partial charge in [0.05, 0.1) is 12.2 Å². The third kappa shape index (κ3) is 5.13. The molecule has 0 amide bonds. The minimum atomic E-state index is -3.80. The minimum absolute atomic E-state index is 0.0845. The van der Waals surface area contributed by atoms with E-state index in [0.29, 0.717) is 16.5 Å². The van der Waals surface area contributed by atoms with E-state index in [1.165, 1.54) is 22.8 Å². The molecule has 0 aliphatic rings. The molecular formula is C24H21ClN4O2S. The molecule has 162 valence electrons. The van der Waals surface area contributed by atoms with E-state index in [-0.39, 0.29) is 18.0 Å². The Morgan fingerprint density at radius 2 is 1.53 bits per heavy atom. The fraction of sp³-hybridized carbons (Fsp3) is 0.0833. The number of benzene rings is 2. The van der Waals surface area contributed by atoms with Crippen LogP contribution < -0.4 is 5.73 Å². The number of nitrogens with zero attached hydrogens (tertiary/aromatic N) is 3. The third-order valence-electron chi connectivity index (χ3n) is 4.93. The molecule has 0 radical (unpaired) electrons. The summed E-state index contributed by atoms with van der Waals surface area (Å²) in [7, 11) is -3.80. The Kier molecular flexibility index (Phi) is 6.50. The number of rotatable bonds is 7. The van der Waals surface area contributed by atoms with Crippen LogP contribution in [-0.2, 0) is 23.1 Å². The van der Waals surface area contributed by atoms with Gasteiger partial charge >= 0.3 is 0 Å². The topological polar surface area (TPSA) is 89.2 Å². The van der Waals surface area contributed by atoms with E-state index >= 15 is 0 Å². The number of hydrogen-bond acceptors (Lipinski definition) is 5. The van der Waals surface area contributed by atoms with Crippen LogP contribution in [0.15, 0.2) is 96.2 Å². The Balaban J connectivity index is 1.63. The van der Waals surface area contributed by atoms with Crippen LogP contribution in [0.1, 0.15) is 11.3 Å². The van der Waals surface area contributed by atoms with E-state index in [0.717, 1.165) is 16.7 Å². The maximum Gasteiger partial charge on any atom is 0.245 e. The maximum absolute atomic E-state index is 13.4. The minimum Gasteiger partial charge on any atom is -0.384 e. The van der Waals surface area contributed by atoms with E-state index < -0.39 is 10.0 Å². The summed E-state index contributed by atoms with van der Waals surface area (Å²) in [4.78, 5) is 8.36. The molecule has 2 heterocycles. The fourth-order valence-electron chi connectivity index (χ4n) is 3.29. The number of anilines is 1. The van der Waals surface area contributed by atoms with Crippen molar-refractivity contribution in [3.05, 3.63) is 108 Å². The first-order valence-corrected chi connectivity index (χ1v) is 11.7.